The first-order chi connectivity index (χ1) is 18.1. The normalized spacial score (nSPS) is 22.4. The molecular formula is C30H42N2O5. The number of carboxylic acid groups (broad SMARTS) is 1. The van der Waals surface area contributed by atoms with Gasteiger partial charge in [-0.1, -0.05) is 76.1 Å². The van der Waals surface area contributed by atoms with Gasteiger partial charge >= 0.3 is 5.97 Å². The molecule has 3 heterocycles. The van der Waals surface area contributed by atoms with Crippen LogP contribution in [0.1, 0.15) is 111 Å². The smallest absolute Gasteiger partial charge is 0.303 e. The molecule has 2 saturated heterocycles. The van der Waals surface area contributed by atoms with E-state index in [-0.39, 0.29) is 36.4 Å². The van der Waals surface area contributed by atoms with E-state index in [1.807, 2.05) is 18.2 Å². The van der Waals surface area contributed by atoms with Crippen LogP contribution in [0.5, 0.6) is 0 Å². The van der Waals surface area contributed by atoms with Crippen molar-refractivity contribution in [3.63, 3.8) is 0 Å². The standard InChI is InChI=1S/C30H42N2O5/c1-2-3-4-5-6-7-8-11-18-31-29(35)24-20-36-30(32-24)28-23(25-15-16-26(28)37-25)19-22-13-10-9-12-21(22)14-17-27(33)34/h9-10,12-13,20,23,25-26,28H,2-8,11,14-19H2,1H3,(H,31,35)(H,33,34)/t23-,25-,26+,28-/m0/s1. The first-order valence-corrected chi connectivity index (χ1v) is 14.2. The topological polar surface area (TPSA) is 102 Å². The lowest BCUT2D eigenvalue weighted by atomic mass is 9.75. The maximum atomic E-state index is 12.7. The minimum absolute atomic E-state index is 0.000498. The highest BCUT2D eigenvalue weighted by molar-refractivity contribution is 5.91. The Balaban J connectivity index is 1.31. The molecule has 2 fully saturated rings. The SMILES string of the molecule is CCCCCCCCCCNC(=O)c1coc([C@H]2[C@@H](Cc3ccccc3CCC(=O)O)[C@@H]3CC[C@H]2O3)n1. The minimum Gasteiger partial charge on any atom is -0.481 e. The molecule has 1 aromatic carbocycles. The summed E-state index contributed by atoms with van der Waals surface area (Å²) in [5, 5.41) is 12.1. The zero-order valence-electron chi connectivity index (χ0n) is 22.1. The van der Waals surface area contributed by atoms with Gasteiger partial charge in [0.1, 0.15) is 6.26 Å². The predicted molar refractivity (Wildman–Crippen MR) is 142 cm³/mol. The van der Waals surface area contributed by atoms with E-state index >= 15 is 0 Å². The van der Waals surface area contributed by atoms with Crippen molar-refractivity contribution in [2.45, 2.75) is 109 Å². The number of nitrogens with zero attached hydrogens (tertiary/aromatic N) is 1. The van der Waals surface area contributed by atoms with E-state index in [9.17, 15) is 9.59 Å². The first-order valence-electron chi connectivity index (χ1n) is 14.2. The number of aliphatic carboxylic acids is 1. The number of unbranched alkanes of at least 4 members (excludes halogenated alkanes) is 7. The monoisotopic (exact) mass is 510 g/mol. The zero-order valence-corrected chi connectivity index (χ0v) is 22.1. The summed E-state index contributed by atoms with van der Waals surface area (Å²) in [4.78, 5) is 28.4. The van der Waals surface area contributed by atoms with Crippen molar-refractivity contribution in [3.8, 4) is 0 Å². The zero-order chi connectivity index (χ0) is 26.0. The molecule has 7 heteroatoms. The van der Waals surface area contributed by atoms with Gasteiger partial charge in [-0.3, -0.25) is 9.59 Å². The maximum absolute atomic E-state index is 12.7. The first kappa shape index (κ1) is 27.4. The van der Waals surface area contributed by atoms with E-state index in [1.54, 1.807) is 0 Å². The molecule has 2 aliphatic heterocycles. The van der Waals surface area contributed by atoms with E-state index in [2.05, 4.69) is 23.3 Å². The van der Waals surface area contributed by atoms with Crippen LogP contribution in [0.4, 0.5) is 0 Å². The van der Waals surface area contributed by atoms with Gasteiger partial charge in [0.05, 0.1) is 18.1 Å². The lowest BCUT2D eigenvalue weighted by Crippen LogP contribution is -2.28. The quantitative estimate of drug-likeness (QED) is 0.266. The Hall–Kier alpha value is -2.67. The second-order valence-electron chi connectivity index (χ2n) is 10.6. The van der Waals surface area contributed by atoms with Gasteiger partial charge in [0.25, 0.3) is 5.91 Å². The highest BCUT2D eigenvalue weighted by atomic mass is 16.5. The van der Waals surface area contributed by atoms with Crippen LogP contribution in [0.2, 0.25) is 0 Å². The number of hydrogen-bond donors (Lipinski definition) is 2. The van der Waals surface area contributed by atoms with Crippen molar-refractivity contribution in [1.82, 2.24) is 10.3 Å². The van der Waals surface area contributed by atoms with Crippen molar-refractivity contribution < 1.29 is 23.8 Å². The molecule has 1 aromatic heterocycles. The third kappa shape index (κ3) is 7.44. The Morgan fingerprint density at radius 1 is 1.00 bits per heavy atom. The van der Waals surface area contributed by atoms with Crippen LogP contribution in [-0.2, 0) is 22.4 Å². The molecule has 0 spiro atoms. The fourth-order valence-corrected chi connectivity index (χ4v) is 5.97. The van der Waals surface area contributed by atoms with Crippen LogP contribution < -0.4 is 5.32 Å². The number of carboxylic acids is 1. The van der Waals surface area contributed by atoms with Crippen molar-refractivity contribution in [1.29, 1.82) is 0 Å². The largest absolute Gasteiger partial charge is 0.481 e. The van der Waals surface area contributed by atoms with Gasteiger partial charge in [-0.05, 0) is 43.2 Å². The second-order valence-corrected chi connectivity index (χ2v) is 10.6. The number of carbonyl (C=O) groups is 2. The molecule has 0 saturated carbocycles. The number of benzene rings is 1. The Bertz CT molecular complexity index is 1020. The number of rotatable bonds is 16. The van der Waals surface area contributed by atoms with E-state index < -0.39 is 5.97 Å². The summed E-state index contributed by atoms with van der Waals surface area (Å²) in [6.45, 7) is 2.89. The second kappa shape index (κ2) is 13.8. The van der Waals surface area contributed by atoms with Gasteiger partial charge in [0.15, 0.2) is 5.69 Å². The number of nitrogens with one attached hydrogen (secondary N) is 1. The summed E-state index contributed by atoms with van der Waals surface area (Å²) >= 11 is 0. The number of amides is 1. The molecule has 2 N–H and O–H groups in total. The van der Waals surface area contributed by atoms with Crippen molar-refractivity contribution in [2.24, 2.45) is 5.92 Å². The third-order valence-electron chi connectivity index (χ3n) is 7.96. The van der Waals surface area contributed by atoms with Crippen molar-refractivity contribution in [3.05, 3.63) is 53.2 Å². The average Bonchev–Trinajstić information content (AvgIpc) is 3.64. The number of ether oxygens (including phenoxy) is 1. The summed E-state index contributed by atoms with van der Waals surface area (Å²) in [7, 11) is 0. The van der Waals surface area contributed by atoms with Gasteiger partial charge in [-0.25, -0.2) is 4.98 Å². The Kier molecular flexibility index (Phi) is 10.2. The predicted octanol–water partition coefficient (Wildman–Crippen LogP) is 6.07. The number of oxazole rings is 1. The van der Waals surface area contributed by atoms with E-state index in [0.29, 0.717) is 24.6 Å². The van der Waals surface area contributed by atoms with E-state index in [4.69, 9.17) is 14.3 Å². The van der Waals surface area contributed by atoms with Crippen molar-refractivity contribution >= 4 is 11.9 Å². The number of carbonyl (C=O) groups excluding carboxylic acids is 1. The molecule has 4 rings (SSSR count). The summed E-state index contributed by atoms with van der Waals surface area (Å²) in [5.41, 5.74) is 2.56. The minimum atomic E-state index is -0.788. The molecule has 2 aliphatic rings. The number of hydrogen-bond acceptors (Lipinski definition) is 5. The van der Waals surface area contributed by atoms with Crippen LogP contribution in [0.3, 0.4) is 0 Å². The van der Waals surface area contributed by atoms with Gasteiger partial charge in [0, 0.05) is 18.9 Å². The average molecular weight is 511 g/mol. The number of fused-ring (bicyclic) bond motifs is 2. The highest BCUT2D eigenvalue weighted by Crippen LogP contribution is 2.50. The molecule has 0 aliphatic carbocycles. The van der Waals surface area contributed by atoms with Gasteiger partial charge in [-0.2, -0.15) is 0 Å². The van der Waals surface area contributed by atoms with Gasteiger partial charge in [-0.15, -0.1) is 0 Å². The summed E-state index contributed by atoms with van der Waals surface area (Å²) in [6.07, 6.45) is 14.9. The molecule has 202 valence electrons. The van der Waals surface area contributed by atoms with Crippen LogP contribution >= 0.6 is 0 Å². The van der Waals surface area contributed by atoms with Crippen LogP contribution in [-0.4, -0.2) is 40.7 Å². The summed E-state index contributed by atoms with van der Waals surface area (Å²) in [6, 6.07) is 8.06. The Labute approximate surface area is 220 Å². The molecule has 7 nitrogen and oxygen atoms in total. The molecule has 4 atom stereocenters. The lowest BCUT2D eigenvalue weighted by Gasteiger charge is -2.26. The van der Waals surface area contributed by atoms with Crippen LogP contribution in [0, 0.1) is 5.92 Å². The molecular weight excluding hydrogens is 468 g/mol. The Morgan fingerprint density at radius 3 is 2.46 bits per heavy atom. The molecule has 1 amide bonds. The number of aromatic nitrogens is 1. The highest BCUT2D eigenvalue weighted by Gasteiger charge is 2.51. The van der Waals surface area contributed by atoms with Crippen molar-refractivity contribution in [2.75, 3.05) is 6.54 Å². The fraction of sp³-hybridized carbons (Fsp3) is 0.633. The lowest BCUT2D eigenvalue weighted by molar-refractivity contribution is -0.136. The molecule has 0 radical (unpaired) electrons. The molecule has 2 bridgehead atoms. The Morgan fingerprint density at radius 2 is 1.70 bits per heavy atom. The van der Waals surface area contributed by atoms with E-state index in [0.717, 1.165) is 43.2 Å². The maximum Gasteiger partial charge on any atom is 0.303 e. The van der Waals surface area contributed by atoms with Gasteiger partial charge < -0.3 is 19.6 Å². The molecule has 0 unspecified atom stereocenters. The van der Waals surface area contributed by atoms with Crippen LogP contribution in [0.25, 0.3) is 0 Å². The fourth-order valence-electron chi connectivity index (χ4n) is 5.97. The summed E-state index contributed by atoms with van der Waals surface area (Å²) < 4.78 is 12.1. The summed E-state index contributed by atoms with van der Waals surface area (Å²) in [5.74, 6) is -0.198. The molecule has 2 aromatic rings. The van der Waals surface area contributed by atoms with Crippen LogP contribution in [0.15, 0.2) is 34.9 Å². The van der Waals surface area contributed by atoms with Gasteiger partial charge in [0.2, 0.25) is 5.89 Å². The number of aryl methyl sites for hydroxylation is 1. The van der Waals surface area contributed by atoms with E-state index in [1.165, 1.54) is 44.8 Å². The molecule has 37 heavy (non-hydrogen) atoms. The third-order valence-corrected chi connectivity index (χ3v) is 7.96.